The SMILES string of the molecule is C#Cc1ccc(C(C(=O)Nc2c(C)cccc2C)N(CCCCC)C(=O)C(C)NC(=O)OC(C)(C)C)cc1. The summed E-state index contributed by atoms with van der Waals surface area (Å²) in [6.07, 6.45) is 7.39. The van der Waals surface area contributed by atoms with Gasteiger partial charge in [-0.15, -0.1) is 6.42 Å². The number of hydrogen-bond acceptors (Lipinski definition) is 4. The lowest BCUT2D eigenvalue weighted by molar-refractivity contribution is -0.140. The van der Waals surface area contributed by atoms with Crippen molar-refractivity contribution in [2.24, 2.45) is 0 Å². The van der Waals surface area contributed by atoms with Gasteiger partial charge in [0.25, 0.3) is 5.91 Å². The highest BCUT2D eigenvalue weighted by Crippen LogP contribution is 2.27. The van der Waals surface area contributed by atoms with Crippen LogP contribution in [0.3, 0.4) is 0 Å². The molecule has 3 amide bonds. The number of nitrogens with zero attached hydrogens (tertiary/aromatic N) is 1. The minimum Gasteiger partial charge on any atom is -0.444 e. The van der Waals surface area contributed by atoms with Crippen molar-refractivity contribution in [2.75, 3.05) is 11.9 Å². The minimum absolute atomic E-state index is 0.342. The molecule has 0 aromatic heterocycles. The van der Waals surface area contributed by atoms with Gasteiger partial charge in [0.1, 0.15) is 17.7 Å². The van der Waals surface area contributed by atoms with E-state index in [-0.39, 0.29) is 11.8 Å². The van der Waals surface area contributed by atoms with E-state index in [0.29, 0.717) is 29.8 Å². The second kappa shape index (κ2) is 13.7. The zero-order valence-corrected chi connectivity index (χ0v) is 23.7. The maximum absolute atomic E-state index is 13.9. The second-order valence-electron chi connectivity index (χ2n) is 10.5. The molecule has 0 heterocycles. The molecule has 204 valence electrons. The van der Waals surface area contributed by atoms with Crippen LogP contribution >= 0.6 is 0 Å². The van der Waals surface area contributed by atoms with E-state index in [9.17, 15) is 14.4 Å². The van der Waals surface area contributed by atoms with E-state index < -0.39 is 23.8 Å². The van der Waals surface area contributed by atoms with Crippen molar-refractivity contribution in [3.63, 3.8) is 0 Å². The summed E-state index contributed by atoms with van der Waals surface area (Å²) < 4.78 is 5.34. The number of rotatable bonds is 10. The van der Waals surface area contributed by atoms with Crippen LogP contribution in [-0.4, -0.2) is 41.0 Å². The number of carbonyl (C=O) groups excluding carboxylic acids is 3. The highest BCUT2D eigenvalue weighted by atomic mass is 16.6. The van der Waals surface area contributed by atoms with Gasteiger partial charge in [-0.1, -0.05) is 56.0 Å². The fraction of sp³-hybridized carbons (Fsp3) is 0.452. The van der Waals surface area contributed by atoms with Crippen molar-refractivity contribution in [3.8, 4) is 12.3 Å². The maximum Gasteiger partial charge on any atom is 0.408 e. The molecule has 38 heavy (non-hydrogen) atoms. The third-order valence-corrected chi connectivity index (χ3v) is 6.07. The minimum atomic E-state index is -0.937. The van der Waals surface area contributed by atoms with E-state index >= 15 is 0 Å². The molecule has 2 unspecified atom stereocenters. The normalized spacial score (nSPS) is 12.6. The Balaban J connectivity index is 2.49. The Bertz CT molecular complexity index is 1140. The van der Waals surface area contributed by atoms with Crippen LogP contribution in [0.25, 0.3) is 0 Å². The Morgan fingerprint density at radius 3 is 2.16 bits per heavy atom. The van der Waals surface area contributed by atoms with Crippen LogP contribution in [0.2, 0.25) is 0 Å². The molecule has 2 aromatic rings. The summed E-state index contributed by atoms with van der Waals surface area (Å²) in [5.41, 5.74) is 3.14. The first-order valence-electron chi connectivity index (χ1n) is 13.1. The van der Waals surface area contributed by atoms with Crippen molar-refractivity contribution in [2.45, 2.75) is 85.4 Å². The molecule has 7 heteroatoms. The Kier molecular flexibility index (Phi) is 10.9. The second-order valence-corrected chi connectivity index (χ2v) is 10.5. The summed E-state index contributed by atoms with van der Waals surface area (Å²) >= 11 is 0. The number of para-hydroxylation sites is 1. The molecule has 0 bridgehead atoms. The van der Waals surface area contributed by atoms with Crippen molar-refractivity contribution in [1.82, 2.24) is 10.2 Å². The van der Waals surface area contributed by atoms with Crippen LogP contribution in [0.15, 0.2) is 42.5 Å². The number of unbranched alkanes of at least 4 members (excludes halogenated alkanes) is 2. The fourth-order valence-electron chi connectivity index (χ4n) is 4.13. The number of amides is 3. The van der Waals surface area contributed by atoms with Crippen molar-refractivity contribution >= 4 is 23.6 Å². The molecule has 0 spiro atoms. The van der Waals surface area contributed by atoms with Crippen molar-refractivity contribution in [3.05, 3.63) is 64.7 Å². The summed E-state index contributed by atoms with van der Waals surface area (Å²) in [7, 11) is 0. The van der Waals surface area contributed by atoms with Gasteiger partial charge in [0.05, 0.1) is 0 Å². The Morgan fingerprint density at radius 2 is 1.63 bits per heavy atom. The van der Waals surface area contributed by atoms with Gasteiger partial charge in [0.2, 0.25) is 5.91 Å². The molecule has 7 nitrogen and oxygen atoms in total. The van der Waals surface area contributed by atoms with Gasteiger partial charge < -0.3 is 20.3 Å². The number of hydrogen-bond donors (Lipinski definition) is 2. The number of anilines is 1. The number of alkyl carbamates (subject to hydrolysis) is 1. The van der Waals surface area contributed by atoms with Crippen molar-refractivity contribution < 1.29 is 19.1 Å². The predicted octanol–water partition coefficient (Wildman–Crippen LogP) is 5.90. The van der Waals surface area contributed by atoms with Crippen LogP contribution in [0.1, 0.15) is 82.2 Å². The molecule has 2 N–H and O–H groups in total. The zero-order chi connectivity index (χ0) is 28.5. The maximum atomic E-state index is 13.9. The lowest BCUT2D eigenvalue weighted by Crippen LogP contribution is -2.51. The molecule has 0 aliphatic carbocycles. The van der Waals surface area contributed by atoms with E-state index in [2.05, 4.69) is 23.5 Å². The van der Waals surface area contributed by atoms with E-state index in [1.54, 1.807) is 56.9 Å². The quantitative estimate of drug-likeness (QED) is 0.302. The van der Waals surface area contributed by atoms with E-state index in [4.69, 9.17) is 11.2 Å². The van der Waals surface area contributed by atoms with E-state index in [1.807, 2.05) is 32.0 Å². The number of aryl methyl sites for hydroxylation is 2. The summed E-state index contributed by atoms with van der Waals surface area (Å²) in [4.78, 5) is 41.7. The van der Waals surface area contributed by atoms with Gasteiger partial charge in [0.15, 0.2) is 0 Å². The molecular formula is C31H41N3O4. The Hall–Kier alpha value is -3.79. The smallest absolute Gasteiger partial charge is 0.408 e. The summed E-state index contributed by atoms with van der Waals surface area (Å²) in [5.74, 6) is 1.86. The highest BCUT2D eigenvalue weighted by molar-refractivity contribution is 5.99. The number of benzene rings is 2. The number of terminal acetylenes is 1. The van der Waals surface area contributed by atoms with Crippen LogP contribution in [-0.2, 0) is 14.3 Å². The molecule has 0 radical (unpaired) electrons. The van der Waals surface area contributed by atoms with Crippen LogP contribution < -0.4 is 10.6 Å². The average molecular weight is 520 g/mol. The number of carbonyl (C=O) groups is 3. The summed E-state index contributed by atoms with van der Waals surface area (Å²) in [6, 6.07) is 11.0. The highest BCUT2D eigenvalue weighted by Gasteiger charge is 2.34. The molecule has 0 saturated carbocycles. The monoisotopic (exact) mass is 519 g/mol. The molecule has 0 aliphatic rings. The molecule has 2 atom stereocenters. The first kappa shape index (κ1) is 30.4. The molecule has 0 fully saturated rings. The van der Waals surface area contributed by atoms with Gasteiger partial charge in [-0.3, -0.25) is 9.59 Å². The number of nitrogens with one attached hydrogen (secondary N) is 2. The van der Waals surface area contributed by atoms with E-state index in [1.165, 1.54) is 0 Å². The Morgan fingerprint density at radius 1 is 1.03 bits per heavy atom. The first-order valence-corrected chi connectivity index (χ1v) is 13.1. The van der Waals surface area contributed by atoms with Crippen molar-refractivity contribution in [1.29, 1.82) is 0 Å². The largest absolute Gasteiger partial charge is 0.444 e. The summed E-state index contributed by atoms with van der Waals surface area (Å²) in [5, 5.41) is 5.68. The third-order valence-electron chi connectivity index (χ3n) is 6.07. The summed E-state index contributed by atoms with van der Waals surface area (Å²) in [6.45, 7) is 13.1. The van der Waals surface area contributed by atoms with Crippen LogP contribution in [0.5, 0.6) is 0 Å². The van der Waals surface area contributed by atoms with E-state index in [0.717, 1.165) is 24.0 Å². The van der Waals surface area contributed by atoms with Gasteiger partial charge >= 0.3 is 6.09 Å². The van der Waals surface area contributed by atoms with Crippen LogP contribution in [0, 0.1) is 26.2 Å². The fourth-order valence-corrected chi connectivity index (χ4v) is 4.13. The molecule has 2 aromatic carbocycles. The topological polar surface area (TPSA) is 87.7 Å². The van der Waals surface area contributed by atoms with Gasteiger partial charge in [-0.25, -0.2) is 4.79 Å². The standard InChI is InChI=1S/C31H41N3O4/c1-9-11-12-20-34(29(36)23(5)32-30(37)38-31(6,7)8)27(25-18-16-24(10-2)17-19-25)28(35)33-26-21(3)14-13-15-22(26)4/h2,13-19,23,27H,9,11-12,20H2,1,3-8H3,(H,32,37)(H,33,35). The van der Waals surface area contributed by atoms with Gasteiger partial charge in [-0.2, -0.15) is 0 Å². The van der Waals surface area contributed by atoms with Gasteiger partial charge in [-0.05, 0) is 76.8 Å². The first-order chi connectivity index (χ1) is 17.9. The lowest BCUT2D eigenvalue weighted by Gasteiger charge is -2.34. The molecule has 0 aliphatic heterocycles. The van der Waals surface area contributed by atoms with Crippen LogP contribution in [0.4, 0.5) is 10.5 Å². The third kappa shape index (κ3) is 8.65. The number of ether oxygens (including phenoxy) is 1. The zero-order valence-electron chi connectivity index (χ0n) is 23.7. The molecular weight excluding hydrogens is 478 g/mol. The lowest BCUT2D eigenvalue weighted by atomic mass is 10.00. The Labute approximate surface area is 227 Å². The molecule has 0 saturated heterocycles. The van der Waals surface area contributed by atoms with Gasteiger partial charge in [0, 0.05) is 17.8 Å². The average Bonchev–Trinajstić information content (AvgIpc) is 2.84. The molecule has 2 rings (SSSR count). The predicted molar refractivity (Wildman–Crippen MR) is 152 cm³/mol.